The number of aromatic nitrogens is 3. The summed E-state index contributed by atoms with van der Waals surface area (Å²) in [5, 5.41) is 15.1. The van der Waals surface area contributed by atoms with E-state index in [2.05, 4.69) is 63.6 Å². The second-order valence-electron chi connectivity index (χ2n) is 7.69. The molecule has 0 radical (unpaired) electrons. The molecule has 1 aliphatic carbocycles. The van der Waals surface area contributed by atoms with Gasteiger partial charge in [0.25, 0.3) is 0 Å². The molecular weight excluding hydrogens is 412 g/mol. The highest BCUT2D eigenvalue weighted by Crippen LogP contribution is 2.39. The number of rotatable bonds is 7. The zero-order valence-electron chi connectivity index (χ0n) is 17.6. The van der Waals surface area contributed by atoms with Crippen LogP contribution in [0.4, 0.5) is 0 Å². The second-order valence-corrected chi connectivity index (χ2v) is 9.71. The predicted octanol–water partition coefficient (Wildman–Crippen LogP) is 5.54. The Morgan fingerprint density at radius 1 is 1.20 bits per heavy atom. The number of nitrogens with one attached hydrogen (secondary N) is 1. The molecule has 2 aromatic heterocycles. The molecule has 0 unspecified atom stereocenters. The van der Waals surface area contributed by atoms with Crippen molar-refractivity contribution in [2.45, 2.75) is 63.7 Å². The molecule has 1 aromatic carbocycles. The number of thioether (sulfide) groups is 1. The summed E-state index contributed by atoms with van der Waals surface area (Å²) in [5.74, 6) is 1.34. The van der Waals surface area contributed by atoms with Crippen molar-refractivity contribution in [1.29, 1.82) is 0 Å². The molecular formula is C23H28N4OS2. The lowest BCUT2D eigenvalue weighted by Crippen LogP contribution is -2.37. The molecule has 0 bridgehead atoms. The molecule has 0 atom stereocenters. The van der Waals surface area contributed by atoms with E-state index in [-0.39, 0.29) is 5.91 Å². The van der Waals surface area contributed by atoms with E-state index in [0.717, 1.165) is 35.9 Å². The van der Waals surface area contributed by atoms with E-state index >= 15 is 0 Å². The summed E-state index contributed by atoms with van der Waals surface area (Å²) in [7, 11) is 0. The van der Waals surface area contributed by atoms with E-state index in [1.54, 1.807) is 11.3 Å². The van der Waals surface area contributed by atoms with E-state index in [4.69, 9.17) is 0 Å². The lowest BCUT2D eigenvalue weighted by molar-refractivity contribution is -0.119. The van der Waals surface area contributed by atoms with Crippen LogP contribution in [0.25, 0.3) is 22.5 Å². The van der Waals surface area contributed by atoms with Crippen molar-refractivity contribution in [3.8, 4) is 22.5 Å². The average molecular weight is 441 g/mol. The summed E-state index contributed by atoms with van der Waals surface area (Å²) in [4.78, 5) is 13.7. The minimum absolute atomic E-state index is 0.0930. The van der Waals surface area contributed by atoms with E-state index in [1.807, 2.05) is 6.07 Å². The smallest absolute Gasteiger partial charge is 0.230 e. The van der Waals surface area contributed by atoms with Crippen LogP contribution in [0.2, 0.25) is 0 Å². The first-order valence-corrected chi connectivity index (χ1v) is 12.5. The van der Waals surface area contributed by atoms with Crippen molar-refractivity contribution >= 4 is 29.0 Å². The monoisotopic (exact) mass is 440 g/mol. The molecule has 158 valence electrons. The van der Waals surface area contributed by atoms with Crippen molar-refractivity contribution in [1.82, 2.24) is 20.1 Å². The van der Waals surface area contributed by atoms with Crippen LogP contribution in [-0.4, -0.2) is 32.5 Å². The fraction of sp³-hybridized carbons (Fsp3) is 0.435. The molecule has 1 N–H and O–H groups in total. The normalized spacial score (nSPS) is 14.7. The van der Waals surface area contributed by atoms with E-state index in [0.29, 0.717) is 11.8 Å². The third kappa shape index (κ3) is 4.62. The first-order chi connectivity index (χ1) is 14.7. The first kappa shape index (κ1) is 21.1. The summed E-state index contributed by atoms with van der Waals surface area (Å²) < 4.78 is 2.12. The highest BCUT2D eigenvalue weighted by molar-refractivity contribution is 7.99. The van der Waals surface area contributed by atoms with Crippen molar-refractivity contribution in [2.75, 3.05) is 5.75 Å². The van der Waals surface area contributed by atoms with Gasteiger partial charge in [0.2, 0.25) is 5.91 Å². The Morgan fingerprint density at radius 3 is 2.70 bits per heavy atom. The van der Waals surface area contributed by atoms with Crippen LogP contribution in [0.1, 0.15) is 43.9 Å². The van der Waals surface area contributed by atoms with Crippen LogP contribution in [0.5, 0.6) is 0 Å². The number of aryl methyl sites for hydroxylation is 1. The number of benzene rings is 1. The number of thiophene rings is 1. The molecule has 1 fully saturated rings. The quantitative estimate of drug-likeness (QED) is 0.490. The maximum Gasteiger partial charge on any atom is 0.230 e. The van der Waals surface area contributed by atoms with Gasteiger partial charge in [-0.25, -0.2) is 0 Å². The largest absolute Gasteiger partial charge is 0.353 e. The summed E-state index contributed by atoms with van der Waals surface area (Å²) in [6.45, 7) is 5.01. The third-order valence-corrected chi connectivity index (χ3v) is 7.49. The Bertz CT molecular complexity index is 990. The standard InChI is InChI=1S/C23H28N4OS2/c1-3-27-22(19-14-29-16(2)21(19)17-10-6-4-7-11-17)25-26-23(27)30-15-20(28)24-18-12-8-5-9-13-18/h4,6-7,10-11,14,18H,3,5,8-9,12-13,15H2,1-2H3,(H,24,28). The van der Waals surface area contributed by atoms with E-state index in [9.17, 15) is 4.79 Å². The number of carbonyl (C=O) groups excluding carboxylic acids is 1. The summed E-state index contributed by atoms with van der Waals surface area (Å²) in [6.07, 6.45) is 5.93. The van der Waals surface area contributed by atoms with Gasteiger partial charge in [0.15, 0.2) is 11.0 Å². The molecule has 3 aromatic rings. The minimum Gasteiger partial charge on any atom is -0.353 e. The minimum atomic E-state index is 0.0930. The van der Waals surface area contributed by atoms with Crippen LogP contribution in [-0.2, 0) is 11.3 Å². The number of carbonyl (C=O) groups is 1. The van der Waals surface area contributed by atoms with Gasteiger partial charge in [0, 0.05) is 34.0 Å². The van der Waals surface area contributed by atoms with Gasteiger partial charge in [0.1, 0.15) is 0 Å². The molecule has 7 heteroatoms. The van der Waals surface area contributed by atoms with Gasteiger partial charge in [-0.15, -0.1) is 21.5 Å². The number of hydrogen-bond acceptors (Lipinski definition) is 5. The fourth-order valence-corrected chi connectivity index (χ4v) is 5.79. The summed E-state index contributed by atoms with van der Waals surface area (Å²) >= 11 is 3.21. The van der Waals surface area contributed by atoms with Crippen LogP contribution in [0, 0.1) is 6.92 Å². The third-order valence-electron chi connectivity index (χ3n) is 5.61. The molecule has 2 heterocycles. The molecule has 5 nitrogen and oxygen atoms in total. The van der Waals surface area contributed by atoms with Crippen LogP contribution >= 0.6 is 23.1 Å². The van der Waals surface area contributed by atoms with Gasteiger partial charge in [-0.1, -0.05) is 61.4 Å². The molecule has 4 rings (SSSR count). The zero-order valence-corrected chi connectivity index (χ0v) is 19.2. The van der Waals surface area contributed by atoms with Gasteiger partial charge in [-0.2, -0.15) is 0 Å². The SMILES string of the molecule is CCn1c(SCC(=O)NC2CCCCC2)nnc1-c1csc(C)c1-c1ccccc1. The lowest BCUT2D eigenvalue weighted by atomic mass is 9.95. The Labute approximate surface area is 186 Å². The summed E-state index contributed by atoms with van der Waals surface area (Å²) in [5.41, 5.74) is 3.52. The van der Waals surface area contributed by atoms with Gasteiger partial charge in [-0.3, -0.25) is 4.79 Å². The van der Waals surface area contributed by atoms with Crippen molar-refractivity contribution in [2.24, 2.45) is 0 Å². The number of nitrogens with zero attached hydrogens (tertiary/aromatic N) is 3. The Kier molecular flexibility index (Phi) is 6.89. The number of amides is 1. The Morgan fingerprint density at radius 2 is 1.97 bits per heavy atom. The van der Waals surface area contributed by atoms with Crippen molar-refractivity contribution in [3.63, 3.8) is 0 Å². The average Bonchev–Trinajstić information content (AvgIpc) is 3.36. The van der Waals surface area contributed by atoms with Crippen LogP contribution in [0.15, 0.2) is 40.9 Å². The van der Waals surface area contributed by atoms with Gasteiger partial charge < -0.3 is 9.88 Å². The lowest BCUT2D eigenvalue weighted by Gasteiger charge is -2.22. The Hall–Kier alpha value is -2.12. The second kappa shape index (κ2) is 9.79. The molecule has 0 spiro atoms. The Balaban J connectivity index is 1.51. The summed E-state index contributed by atoms with van der Waals surface area (Å²) in [6, 6.07) is 10.8. The van der Waals surface area contributed by atoms with E-state index in [1.165, 1.54) is 47.0 Å². The van der Waals surface area contributed by atoms with Crippen LogP contribution < -0.4 is 5.32 Å². The maximum absolute atomic E-state index is 12.4. The van der Waals surface area contributed by atoms with Crippen molar-refractivity contribution < 1.29 is 4.79 Å². The zero-order chi connectivity index (χ0) is 20.9. The predicted molar refractivity (Wildman–Crippen MR) is 125 cm³/mol. The molecule has 1 amide bonds. The van der Waals surface area contributed by atoms with E-state index < -0.39 is 0 Å². The first-order valence-electron chi connectivity index (χ1n) is 10.7. The van der Waals surface area contributed by atoms with Gasteiger partial charge in [0.05, 0.1) is 5.75 Å². The molecule has 1 saturated carbocycles. The van der Waals surface area contributed by atoms with Crippen LogP contribution in [0.3, 0.4) is 0 Å². The van der Waals surface area contributed by atoms with Gasteiger partial charge >= 0.3 is 0 Å². The highest BCUT2D eigenvalue weighted by atomic mass is 32.2. The van der Waals surface area contributed by atoms with Gasteiger partial charge in [-0.05, 0) is 32.3 Å². The number of hydrogen-bond donors (Lipinski definition) is 1. The topological polar surface area (TPSA) is 59.8 Å². The molecule has 0 saturated heterocycles. The highest BCUT2D eigenvalue weighted by Gasteiger charge is 2.21. The molecule has 0 aliphatic heterocycles. The van der Waals surface area contributed by atoms with Crippen molar-refractivity contribution in [3.05, 3.63) is 40.6 Å². The fourth-order valence-electron chi connectivity index (χ4n) is 4.11. The molecule has 30 heavy (non-hydrogen) atoms. The molecule has 1 aliphatic rings. The maximum atomic E-state index is 12.4.